The molecule has 122 valence electrons. The second kappa shape index (κ2) is 6.23. The summed E-state index contributed by atoms with van der Waals surface area (Å²) in [6.07, 6.45) is 4.03. The third kappa shape index (κ3) is 3.74. The van der Waals surface area contributed by atoms with Gasteiger partial charge in [-0.2, -0.15) is 0 Å². The Morgan fingerprint density at radius 1 is 1.26 bits per heavy atom. The van der Waals surface area contributed by atoms with Crippen molar-refractivity contribution >= 4 is 21.6 Å². The van der Waals surface area contributed by atoms with Crippen LogP contribution >= 0.6 is 11.6 Å². The number of pyridine rings is 1. The normalized spacial score (nSPS) is 18.7. The molecular formula is C17H19ClN2O2S. The molecule has 2 N–H and O–H groups in total. The second-order valence-electron chi connectivity index (χ2n) is 6.25. The maximum absolute atomic E-state index is 11.4. The number of halogens is 1. The largest absolute Gasteiger partial charge is 0.255 e. The Balaban J connectivity index is 1.77. The Morgan fingerprint density at radius 2 is 2.00 bits per heavy atom. The van der Waals surface area contributed by atoms with Crippen LogP contribution in [-0.4, -0.2) is 18.7 Å². The quantitative estimate of drug-likeness (QED) is 0.920. The van der Waals surface area contributed by atoms with Crippen LogP contribution in [0.15, 0.2) is 36.5 Å². The predicted octanol–water partition coefficient (Wildman–Crippen LogP) is 3.18. The van der Waals surface area contributed by atoms with E-state index in [1.807, 2.05) is 12.1 Å². The summed E-state index contributed by atoms with van der Waals surface area (Å²) >= 11 is 5.88. The van der Waals surface area contributed by atoms with Crippen LogP contribution in [0.4, 0.5) is 0 Å². The number of rotatable bonds is 4. The molecule has 0 amide bonds. The monoisotopic (exact) mass is 350 g/mol. The van der Waals surface area contributed by atoms with Gasteiger partial charge in [0, 0.05) is 11.8 Å². The molecule has 0 bridgehead atoms. The van der Waals surface area contributed by atoms with Gasteiger partial charge < -0.3 is 0 Å². The Labute approximate surface area is 141 Å². The Morgan fingerprint density at radius 3 is 2.65 bits per heavy atom. The van der Waals surface area contributed by atoms with E-state index < -0.39 is 15.3 Å². The molecule has 2 aromatic rings. The molecule has 6 heteroatoms. The minimum Gasteiger partial charge on any atom is -0.255 e. The molecule has 0 aliphatic heterocycles. The zero-order valence-corrected chi connectivity index (χ0v) is 14.4. The lowest BCUT2D eigenvalue weighted by molar-refractivity contribution is 0.493. The summed E-state index contributed by atoms with van der Waals surface area (Å²) in [5.41, 5.74) is 4.50. The van der Waals surface area contributed by atoms with Crippen LogP contribution in [-0.2, 0) is 22.9 Å². The van der Waals surface area contributed by atoms with Gasteiger partial charge in [-0.3, -0.25) is 4.98 Å². The van der Waals surface area contributed by atoms with Crippen LogP contribution in [0, 0.1) is 5.92 Å². The molecule has 0 radical (unpaired) electrons. The number of sulfonamides is 1. The van der Waals surface area contributed by atoms with Gasteiger partial charge in [-0.25, -0.2) is 13.6 Å². The van der Waals surface area contributed by atoms with Gasteiger partial charge in [0.15, 0.2) is 0 Å². The average molecular weight is 351 g/mol. The molecule has 2 atom stereocenters. The minimum absolute atomic E-state index is 0.326. The Kier molecular flexibility index (Phi) is 4.45. The number of aromatic nitrogens is 1. The van der Waals surface area contributed by atoms with E-state index in [0.717, 1.165) is 24.1 Å². The van der Waals surface area contributed by atoms with Crippen molar-refractivity contribution in [1.29, 1.82) is 0 Å². The van der Waals surface area contributed by atoms with E-state index in [9.17, 15) is 8.42 Å². The highest BCUT2D eigenvalue weighted by Gasteiger charge is 2.27. The summed E-state index contributed by atoms with van der Waals surface area (Å²) in [7, 11) is -3.46. The topological polar surface area (TPSA) is 73.0 Å². The first-order chi connectivity index (χ1) is 10.8. The molecule has 1 heterocycles. The molecule has 1 unspecified atom stereocenters. The van der Waals surface area contributed by atoms with Crippen molar-refractivity contribution in [2.75, 3.05) is 0 Å². The number of primary sulfonamides is 1. The lowest BCUT2D eigenvalue weighted by Crippen LogP contribution is -2.28. The van der Waals surface area contributed by atoms with Crippen molar-refractivity contribution in [2.24, 2.45) is 11.1 Å². The summed E-state index contributed by atoms with van der Waals surface area (Å²) in [4.78, 5) is 4.35. The van der Waals surface area contributed by atoms with Crippen LogP contribution in [0.3, 0.4) is 0 Å². The summed E-state index contributed by atoms with van der Waals surface area (Å²) in [5, 5.41) is 5.34. The van der Waals surface area contributed by atoms with Crippen molar-refractivity contribution in [1.82, 2.24) is 4.98 Å². The maximum atomic E-state index is 11.4. The molecule has 1 aromatic carbocycles. The summed E-state index contributed by atoms with van der Waals surface area (Å²) in [6.45, 7) is 1.68. The van der Waals surface area contributed by atoms with E-state index in [2.05, 4.69) is 23.2 Å². The number of hydrogen-bond acceptors (Lipinski definition) is 3. The van der Waals surface area contributed by atoms with E-state index in [-0.39, 0.29) is 0 Å². The first kappa shape index (κ1) is 16.4. The zero-order valence-electron chi connectivity index (χ0n) is 12.9. The standard InChI is InChI=1S/C17H19ClN2O2S/c1-11(23(19,21)22)6-12-7-13-2-3-14(9-15(13)8-12)17-5-4-16(18)10-20-17/h2-5,9-12H,6-8H2,1H3,(H2,19,21,22)/t11?,12-/m0/s1. The molecule has 0 spiro atoms. The van der Waals surface area contributed by atoms with Gasteiger partial charge in [0.1, 0.15) is 0 Å². The molecule has 23 heavy (non-hydrogen) atoms. The first-order valence-corrected chi connectivity index (χ1v) is 9.57. The van der Waals surface area contributed by atoms with Crippen molar-refractivity contribution in [3.8, 4) is 11.3 Å². The Bertz CT molecular complexity index is 819. The van der Waals surface area contributed by atoms with E-state index in [4.69, 9.17) is 16.7 Å². The average Bonchev–Trinajstić information content (AvgIpc) is 2.88. The van der Waals surface area contributed by atoms with E-state index in [1.54, 1.807) is 13.1 Å². The van der Waals surface area contributed by atoms with E-state index in [0.29, 0.717) is 17.4 Å². The van der Waals surface area contributed by atoms with Gasteiger partial charge in [0.05, 0.1) is 16.0 Å². The van der Waals surface area contributed by atoms with E-state index in [1.165, 1.54) is 11.1 Å². The van der Waals surface area contributed by atoms with Crippen LogP contribution in [0.2, 0.25) is 5.02 Å². The van der Waals surface area contributed by atoms with Gasteiger partial charge in [-0.05, 0) is 61.4 Å². The molecule has 4 nitrogen and oxygen atoms in total. The smallest absolute Gasteiger partial charge is 0.211 e. The minimum atomic E-state index is -3.46. The van der Waals surface area contributed by atoms with Crippen molar-refractivity contribution in [2.45, 2.75) is 31.4 Å². The van der Waals surface area contributed by atoms with Gasteiger partial charge >= 0.3 is 0 Å². The van der Waals surface area contributed by atoms with Crippen molar-refractivity contribution < 1.29 is 8.42 Å². The molecule has 0 saturated heterocycles. The molecular weight excluding hydrogens is 332 g/mol. The van der Waals surface area contributed by atoms with Crippen LogP contribution in [0.25, 0.3) is 11.3 Å². The molecule has 3 rings (SSSR count). The molecule has 0 saturated carbocycles. The van der Waals surface area contributed by atoms with Crippen LogP contribution in [0.5, 0.6) is 0 Å². The fourth-order valence-corrected chi connectivity index (χ4v) is 3.84. The fraction of sp³-hybridized carbons (Fsp3) is 0.353. The molecule has 0 fully saturated rings. The lowest BCUT2D eigenvalue weighted by Gasteiger charge is -2.13. The highest BCUT2D eigenvalue weighted by atomic mass is 35.5. The van der Waals surface area contributed by atoms with E-state index >= 15 is 0 Å². The maximum Gasteiger partial charge on any atom is 0.211 e. The second-order valence-corrected chi connectivity index (χ2v) is 8.67. The highest BCUT2D eigenvalue weighted by Crippen LogP contribution is 2.33. The fourth-order valence-electron chi connectivity index (χ4n) is 3.19. The number of fused-ring (bicyclic) bond motifs is 1. The van der Waals surface area contributed by atoms with Crippen molar-refractivity contribution in [3.63, 3.8) is 0 Å². The van der Waals surface area contributed by atoms with Gasteiger partial charge in [0.2, 0.25) is 10.0 Å². The number of nitrogens with zero attached hydrogens (tertiary/aromatic N) is 1. The Hall–Kier alpha value is -1.43. The summed E-state index contributed by atoms with van der Waals surface area (Å²) in [5.74, 6) is 0.326. The highest BCUT2D eigenvalue weighted by molar-refractivity contribution is 7.89. The van der Waals surface area contributed by atoms with Gasteiger partial charge in [-0.15, -0.1) is 0 Å². The lowest BCUT2D eigenvalue weighted by atomic mass is 10.0. The predicted molar refractivity (Wildman–Crippen MR) is 92.8 cm³/mol. The molecule has 1 aliphatic rings. The number of hydrogen-bond donors (Lipinski definition) is 1. The summed E-state index contributed by atoms with van der Waals surface area (Å²) < 4.78 is 22.8. The van der Waals surface area contributed by atoms with Crippen LogP contribution in [0.1, 0.15) is 24.5 Å². The number of benzene rings is 1. The van der Waals surface area contributed by atoms with Gasteiger partial charge in [-0.1, -0.05) is 23.7 Å². The SMILES string of the molecule is CC(C[C@H]1Cc2ccc(-c3ccc(Cl)cn3)cc2C1)S(N)(=O)=O. The first-order valence-electron chi connectivity index (χ1n) is 7.58. The third-order valence-electron chi connectivity index (χ3n) is 4.47. The molecule has 1 aromatic heterocycles. The summed E-state index contributed by atoms with van der Waals surface area (Å²) in [6, 6.07) is 10.0. The van der Waals surface area contributed by atoms with Crippen molar-refractivity contribution in [3.05, 3.63) is 52.7 Å². The number of nitrogens with two attached hydrogens (primary N) is 1. The van der Waals surface area contributed by atoms with Gasteiger partial charge in [0.25, 0.3) is 0 Å². The third-order valence-corrected chi connectivity index (χ3v) is 6.01. The molecule has 1 aliphatic carbocycles. The zero-order chi connectivity index (χ0) is 16.6. The van der Waals surface area contributed by atoms with Crippen LogP contribution < -0.4 is 5.14 Å².